The smallest absolute Gasteiger partial charge is 0.158 e. The first-order chi connectivity index (χ1) is 9.71. The van der Waals surface area contributed by atoms with Crippen molar-refractivity contribution in [1.29, 1.82) is 0 Å². The molecule has 2 atom stereocenters. The molecule has 6 heteroatoms. The first-order valence-electron chi connectivity index (χ1n) is 7.31. The topological polar surface area (TPSA) is 85.1 Å². The SMILES string of the molecule is COCc1nc(NN)cc(NC2CCCC(C)CC2)n1. The quantitative estimate of drug-likeness (QED) is 0.435. The summed E-state index contributed by atoms with van der Waals surface area (Å²) in [5.74, 6) is 8.34. The number of hydrogen-bond acceptors (Lipinski definition) is 6. The number of rotatable bonds is 5. The number of ether oxygens (including phenoxy) is 1. The van der Waals surface area contributed by atoms with Crippen LogP contribution in [0, 0.1) is 5.92 Å². The average molecular weight is 279 g/mol. The van der Waals surface area contributed by atoms with Gasteiger partial charge in [0.05, 0.1) is 0 Å². The van der Waals surface area contributed by atoms with Crippen molar-refractivity contribution < 1.29 is 4.74 Å². The molecule has 2 unspecified atom stereocenters. The number of nitrogens with zero attached hydrogens (tertiary/aromatic N) is 2. The van der Waals surface area contributed by atoms with E-state index in [4.69, 9.17) is 10.6 Å². The highest BCUT2D eigenvalue weighted by Crippen LogP contribution is 2.25. The maximum atomic E-state index is 5.45. The van der Waals surface area contributed by atoms with Gasteiger partial charge in [0.2, 0.25) is 0 Å². The number of nitrogen functional groups attached to an aromatic ring is 1. The number of methoxy groups -OCH3 is 1. The van der Waals surface area contributed by atoms with Gasteiger partial charge in [0, 0.05) is 19.2 Å². The standard InChI is InChI=1S/C14H25N5O/c1-10-4-3-5-11(7-6-10)16-12-8-13(19-15)18-14(17-12)9-20-2/h8,10-11H,3-7,9,15H2,1-2H3,(H2,16,17,18,19). The Morgan fingerprint density at radius 3 is 2.80 bits per heavy atom. The molecule has 0 radical (unpaired) electrons. The van der Waals surface area contributed by atoms with Crippen LogP contribution < -0.4 is 16.6 Å². The van der Waals surface area contributed by atoms with Gasteiger partial charge in [-0.3, -0.25) is 0 Å². The minimum atomic E-state index is 0.381. The van der Waals surface area contributed by atoms with Crippen LogP contribution in [-0.4, -0.2) is 23.1 Å². The number of anilines is 2. The number of hydrogen-bond donors (Lipinski definition) is 3. The molecule has 0 amide bonds. The first kappa shape index (κ1) is 15.0. The predicted molar refractivity (Wildman–Crippen MR) is 80.2 cm³/mol. The second-order valence-electron chi connectivity index (χ2n) is 5.59. The van der Waals surface area contributed by atoms with E-state index in [0.717, 1.165) is 11.7 Å². The highest BCUT2D eigenvalue weighted by atomic mass is 16.5. The fourth-order valence-corrected chi connectivity index (χ4v) is 2.68. The lowest BCUT2D eigenvalue weighted by Gasteiger charge is -2.18. The molecule has 0 spiro atoms. The van der Waals surface area contributed by atoms with Crippen LogP contribution in [0.5, 0.6) is 0 Å². The molecule has 1 aliphatic carbocycles. The zero-order chi connectivity index (χ0) is 14.4. The van der Waals surface area contributed by atoms with Crippen LogP contribution >= 0.6 is 0 Å². The zero-order valence-corrected chi connectivity index (χ0v) is 12.4. The predicted octanol–water partition coefficient (Wildman–Crippen LogP) is 2.29. The third kappa shape index (κ3) is 4.31. The molecule has 112 valence electrons. The lowest BCUT2D eigenvalue weighted by Crippen LogP contribution is -2.20. The Morgan fingerprint density at radius 1 is 1.25 bits per heavy atom. The molecular formula is C14H25N5O. The number of aromatic nitrogens is 2. The Kier molecular flexibility index (Phi) is 5.55. The largest absolute Gasteiger partial charge is 0.377 e. The van der Waals surface area contributed by atoms with Crippen molar-refractivity contribution >= 4 is 11.6 Å². The van der Waals surface area contributed by atoms with E-state index in [2.05, 4.69) is 27.6 Å². The zero-order valence-electron chi connectivity index (χ0n) is 12.4. The van der Waals surface area contributed by atoms with Crippen molar-refractivity contribution in [2.24, 2.45) is 11.8 Å². The van der Waals surface area contributed by atoms with E-state index < -0.39 is 0 Å². The van der Waals surface area contributed by atoms with Crippen LogP contribution in [0.15, 0.2) is 6.07 Å². The fraction of sp³-hybridized carbons (Fsp3) is 0.714. The van der Waals surface area contributed by atoms with Gasteiger partial charge in [-0.2, -0.15) is 0 Å². The van der Waals surface area contributed by atoms with Crippen LogP contribution in [0.25, 0.3) is 0 Å². The maximum absolute atomic E-state index is 5.45. The molecule has 0 aliphatic heterocycles. The Morgan fingerprint density at radius 2 is 2.05 bits per heavy atom. The lowest BCUT2D eigenvalue weighted by molar-refractivity contribution is 0.178. The molecular weight excluding hydrogens is 254 g/mol. The van der Waals surface area contributed by atoms with Crippen molar-refractivity contribution in [3.63, 3.8) is 0 Å². The van der Waals surface area contributed by atoms with E-state index in [1.165, 1.54) is 32.1 Å². The van der Waals surface area contributed by atoms with Crippen molar-refractivity contribution in [2.75, 3.05) is 17.9 Å². The van der Waals surface area contributed by atoms with Gasteiger partial charge in [-0.25, -0.2) is 15.8 Å². The summed E-state index contributed by atoms with van der Waals surface area (Å²) in [5.41, 5.74) is 2.58. The van der Waals surface area contributed by atoms with Crippen LogP contribution in [0.4, 0.5) is 11.6 Å². The van der Waals surface area contributed by atoms with Gasteiger partial charge in [-0.15, -0.1) is 0 Å². The summed E-state index contributed by atoms with van der Waals surface area (Å²) in [6.07, 6.45) is 6.26. The molecule has 6 nitrogen and oxygen atoms in total. The second-order valence-corrected chi connectivity index (χ2v) is 5.59. The van der Waals surface area contributed by atoms with Crippen LogP contribution in [0.1, 0.15) is 44.9 Å². The fourth-order valence-electron chi connectivity index (χ4n) is 2.68. The second kappa shape index (κ2) is 7.40. The minimum Gasteiger partial charge on any atom is -0.377 e. The van der Waals surface area contributed by atoms with Crippen LogP contribution in [-0.2, 0) is 11.3 Å². The highest BCUT2D eigenvalue weighted by Gasteiger charge is 2.17. The van der Waals surface area contributed by atoms with Crippen LogP contribution in [0.3, 0.4) is 0 Å². The summed E-state index contributed by atoms with van der Waals surface area (Å²) < 4.78 is 5.09. The van der Waals surface area contributed by atoms with E-state index in [-0.39, 0.29) is 0 Å². The van der Waals surface area contributed by atoms with Crippen LogP contribution in [0.2, 0.25) is 0 Å². The number of nitrogens with one attached hydrogen (secondary N) is 2. The van der Waals surface area contributed by atoms with Crippen molar-refractivity contribution in [3.8, 4) is 0 Å². The summed E-state index contributed by atoms with van der Waals surface area (Å²) in [6, 6.07) is 2.32. The van der Waals surface area contributed by atoms with Crippen molar-refractivity contribution in [1.82, 2.24) is 9.97 Å². The molecule has 1 aromatic rings. The molecule has 1 aromatic heterocycles. The van der Waals surface area contributed by atoms with E-state index in [1.54, 1.807) is 7.11 Å². The number of hydrazine groups is 1. The molecule has 0 bridgehead atoms. The normalized spacial score (nSPS) is 23.1. The van der Waals surface area contributed by atoms with Gasteiger partial charge in [0.1, 0.15) is 18.2 Å². The summed E-state index contributed by atoms with van der Waals surface area (Å²) in [7, 11) is 1.63. The molecule has 0 saturated heterocycles. The summed E-state index contributed by atoms with van der Waals surface area (Å²) >= 11 is 0. The van der Waals surface area contributed by atoms with E-state index >= 15 is 0 Å². The van der Waals surface area contributed by atoms with Gasteiger partial charge < -0.3 is 15.5 Å². The van der Waals surface area contributed by atoms with Gasteiger partial charge in [-0.1, -0.05) is 19.8 Å². The molecule has 1 saturated carbocycles. The van der Waals surface area contributed by atoms with Crippen molar-refractivity contribution in [3.05, 3.63) is 11.9 Å². The summed E-state index contributed by atoms with van der Waals surface area (Å²) in [5, 5.41) is 3.51. The lowest BCUT2D eigenvalue weighted by atomic mass is 10.0. The Bertz CT molecular complexity index is 426. The third-order valence-electron chi connectivity index (χ3n) is 3.80. The summed E-state index contributed by atoms with van der Waals surface area (Å²) in [4.78, 5) is 8.73. The maximum Gasteiger partial charge on any atom is 0.158 e. The Hall–Kier alpha value is -1.40. The molecule has 1 aliphatic rings. The van der Waals surface area contributed by atoms with E-state index in [1.807, 2.05) is 6.07 Å². The van der Waals surface area contributed by atoms with Gasteiger partial charge >= 0.3 is 0 Å². The molecule has 20 heavy (non-hydrogen) atoms. The van der Waals surface area contributed by atoms with Gasteiger partial charge in [-0.05, 0) is 25.2 Å². The molecule has 0 aromatic carbocycles. The van der Waals surface area contributed by atoms with Gasteiger partial charge in [0.15, 0.2) is 5.82 Å². The summed E-state index contributed by atoms with van der Waals surface area (Å²) in [6.45, 7) is 2.71. The Balaban J connectivity index is 2.05. The van der Waals surface area contributed by atoms with Crippen molar-refractivity contribution in [2.45, 2.75) is 51.7 Å². The van der Waals surface area contributed by atoms with E-state index in [0.29, 0.717) is 24.3 Å². The van der Waals surface area contributed by atoms with E-state index in [9.17, 15) is 0 Å². The molecule has 1 fully saturated rings. The molecule has 4 N–H and O–H groups in total. The van der Waals surface area contributed by atoms with Gasteiger partial charge in [0.25, 0.3) is 0 Å². The minimum absolute atomic E-state index is 0.381. The third-order valence-corrected chi connectivity index (χ3v) is 3.80. The first-order valence-corrected chi connectivity index (χ1v) is 7.31. The number of nitrogens with two attached hydrogens (primary N) is 1. The molecule has 2 rings (SSSR count). The average Bonchev–Trinajstić information content (AvgIpc) is 2.64. The monoisotopic (exact) mass is 279 g/mol. The highest BCUT2D eigenvalue weighted by molar-refractivity contribution is 5.47. The molecule has 1 heterocycles. The Labute approximate surface area is 120 Å².